The van der Waals surface area contributed by atoms with Crippen molar-refractivity contribution >= 4 is 17.9 Å². The molecular formula is C15H16F3NO3. The standard InChI is InChI=1S/C15H16F3NO3/c1-4-19-7-10(15(21)22-5-2)14(20)9-6-11(16)13(18)8(3)12(9)17/h6-7,20H,4-5H2,1-3H3. The van der Waals surface area contributed by atoms with Crippen molar-refractivity contribution in [3.8, 4) is 0 Å². The van der Waals surface area contributed by atoms with Gasteiger partial charge in [-0.3, -0.25) is 4.99 Å². The van der Waals surface area contributed by atoms with Crippen molar-refractivity contribution < 1.29 is 27.8 Å². The molecular weight excluding hydrogens is 299 g/mol. The third kappa shape index (κ3) is 3.66. The van der Waals surface area contributed by atoms with Crippen molar-refractivity contribution in [2.24, 2.45) is 4.99 Å². The average Bonchev–Trinajstić information content (AvgIpc) is 2.49. The van der Waals surface area contributed by atoms with Crippen molar-refractivity contribution in [3.05, 3.63) is 40.2 Å². The van der Waals surface area contributed by atoms with Crippen LogP contribution in [0.3, 0.4) is 0 Å². The number of nitrogens with zero attached hydrogens (tertiary/aromatic N) is 1. The van der Waals surface area contributed by atoms with E-state index in [1.54, 1.807) is 13.8 Å². The van der Waals surface area contributed by atoms with Gasteiger partial charge in [-0.25, -0.2) is 18.0 Å². The minimum absolute atomic E-state index is 0.0227. The van der Waals surface area contributed by atoms with Crippen LogP contribution in [0.1, 0.15) is 25.0 Å². The third-order valence-corrected chi connectivity index (χ3v) is 2.78. The summed E-state index contributed by atoms with van der Waals surface area (Å²) < 4.78 is 45.5. The van der Waals surface area contributed by atoms with Crippen molar-refractivity contribution in [3.63, 3.8) is 0 Å². The lowest BCUT2D eigenvalue weighted by Crippen LogP contribution is -2.12. The highest BCUT2D eigenvalue weighted by Crippen LogP contribution is 2.25. The van der Waals surface area contributed by atoms with Crippen LogP contribution >= 0.6 is 0 Å². The molecule has 1 rings (SSSR count). The number of ether oxygens (including phenoxy) is 1. The number of aliphatic hydroxyl groups is 1. The topological polar surface area (TPSA) is 58.9 Å². The maximum Gasteiger partial charge on any atom is 0.343 e. The van der Waals surface area contributed by atoms with E-state index in [2.05, 4.69) is 4.99 Å². The van der Waals surface area contributed by atoms with E-state index in [0.717, 1.165) is 13.1 Å². The highest BCUT2D eigenvalue weighted by atomic mass is 19.2. The van der Waals surface area contributed by atoms with Crippen molar-refractivity contribution in [2.45, 2.75) is 20.8 Å². The number of carbonyl (C=O) groups is 1. The van der Waals surface area contributed by atoms with Gasteiger partial charge in [0.1, 0.15) is 17.1 Å². The highest BCUT2D eigenvalue weighted by molar-refractivity contribution is 6.15. The summed E-state index contributed by atoms with van der Waals surface area (Å²) in [4.78, 5) is 15.6. The van der Waals surface area contributed by atoms with E-state index in [1.165, 1.54) is 0 Å². The molecule has 0 saturated carbocycles. The minimum atomic E-state index is -1.35. The smallest absolute Gasteiger partial charge is 0.343 e. The number of hydrogen-bond acceptors (Lipinski definition) is 4. The summed E-state index contributed by atoms with van der Waals surface area (Å²) in [5.41, 5.74) is -1.67. The van der Waals surface area contributed by atoms with Crippen LogP contribution in [0.5, 0.6) is 0 Å². The molecule has 120 valence electrons. The molecule has 0 atom stereocenters. The molecule has 0 aliphatic heterocycles. The lowest BCUT2D eigenvalue weighted by Gasteiger charge is -2.10. The van der Waals surface area contributed by atoms with Crippen LogP contribution in [-0.4, -0.2) is 30.4 Å². The molecule has 0 aromatic heterocycles. The number of halogens is 3. The fourth-order valence-electron chi connectivity index (χ4n) is 1.65. The Labute approximate surface area is 125 Å². The van der Waals surface area contributed by atoms with Crippen molar-refractivity contribution in [1.29, 1.82) is 0 Å². The van der Waals surface area contributed by atoms with Gasteiger partial charge in [0.05, 0.1) is 12.2 Å². The van der Waals surface area contributed by atoms with Crippen LogP contribution in [0.25, 0.3) is 5.76 Å². The lowest BCUT2D eigenvalue weighted by atomic mass is 10.0. The zero-order valence-corrected chi connectivity index (χ0v) is 12.4. The fourth-order valence-corrected chi connectivity index (χ4v) is 1.65. The Kier molecular flexibility index (Phi) is 6.15. The molecule has 0 radical (unpaired) electrons. The van der Waals surface area contributed by atoms with Gasteiger partial charge in [0.2, 0.25) is 0 Å². The van der Waals surface area contributed by atoms with Gasteiger partial charge >= 0.3 is 5.97 Å². The first-order chi connectivity index (χ1) is 10.3. The van der Waals surface area contributed by atoms with E-state index >= 15 is 0 Å². The summed E-state index contributed by atoms with van der Waals surface area (Å²) in [6.45, 7) is 4.57. The van der Waals surface area contributed by atoms with Gasteiger partial charge in [-0.1, -0.05) is 0 Å². The molecule has 0 aliphatic rings. The zero-order valence-electron chi connectivity index (χ0n) is 12.4. The Balaban J connectivity index is 3.53. The molecule has 0 amide bonds. The maximum atomic E-state index is 14.0. The second-order valence-electron chi connectivity index (χ2n) is 4.27. The zero-order chi connectivity index (χ0) is 16.9. The van der Waals surface area contributed by atoms with E-state index in [9.17, 15) is 23.1 Å². The van der Waals surface area contributed by atoms with E-state index < -0.39 is 45.9 Å². The van der Waals surface area contributed by atoms with Crippen LogP contribution < -0.4 is 0 Å². The van der Waals surface area contributed by atoms with Crippen molar-refractivity contribution in [2.75, 3.05) is 13.2 Å². The van der Waals surface area contributed by atoms with Gasteiger partial charge in [0.15, 0.2) is 11.6 Å². The van der Waals surface area contributed by atoms with Crippen LogP contribution in [-0.2, 0) is 9.53 Å². The number of hydrogen-bond donors (Lipinski definition) is 1. The van der Waals surface area contributed by atoms with E-state index in [-0.39, 0.29) is 6.61 Å². The molecule has 0 heterocycles. The predicted octanol–water partition coefficient (Wildman–Crippen LogP) is 3.34. The average molecular weight is 315 g/mol. The summed E-state index contributed by atoms with van der Waals surface area (Å²) in [7, 11) is 0. The summed E-state index contributed by atoms with van der Waals surface area (Å²) >= 11 is 0. The summed E-state index contributed by atoms with van der Waals surface area (Å²) in [6.07, 6.45) is 1.00. The van der Waals surface area contributed by atoms with Gasteiger partial charge < -0.3 is 9.84 Å². The number of benzene rings is 1. The Morgan fingerprint density at radius 2 is 1.95 bits per heavy atom. The molecule has 0 fully saturated rings. The van der Waals surface area contributed by atoms with Gasteiger partial charge in [0, 0.05) is 18.3 Å². The van der Waals surface area contributed by atoms with Gasteiger partial charge in [0.25, 0.3) is 0 Å². The second-order valence-corrected chi connectivity index (χ2v) is 4.27. The van der Waals surface area contributed by atoms with Gasteiger partial charge in [-0.15, -0.1) is 0 Å². The maximum absolute atomic E-state index is 14.0. The van der Waals surface area contributed by atoms with Crippen LogP contribution in [0.4, 0.5) is 13.2 Å². The fraction of sp³-hybridized carbons (Fsp3) is 0.333. The van der Waals surface area contributed by atoms with E-state index in [0.29, 0.717) is 12.6 Å². The first-order valence-electron chi connectivity index (χ1n) is 6.59. The quantitative estimate of drug-likeness (QED) is 0.298. The molecule has 0 spiro atoms. The van der Waals surface area contributed by atoms with Crippen LogP contribution in [0.2, 0.25) is 0 Å². The highest BCUT2D eigenvalue weighted by Gasteiger charge is 2.23. The molecule has 1 aromatic carbocycles. The number of aliphatic hydroxyl groups excluding tert-OH is 1. The molecule has 4 nitrogen and oxygen atoms in total. The SMILES string of the molecule is CCN=CC(C(=O)OCC)=C(O)c1cc(F)c(F)c(C)c1F. The molecule has 0 bridgehead atoms. The van der Waals surface area contributed by atoms with E-state index in [4.69, 9.17) is 4.74 Å². The summed E-state index contributed by atoms with van der Waals surface area (Å²) in [6, 6.07) is 0.478. The van der Waals surface area contributed by atoms with Crippen LogP contribution in [0, 0.1) is 24.4 Å². The molecule has 7 heteroatoms. The molecule has 0 saturated heterocycles. The number of aliphatic imine (C=N–C) groups is 1. The lowest BCUT2D eigenvalue weighted by molar-refractivity contribution is -0.137. The summed E-state index contributed by atoms with van der Waals surface area (Å²) in [5, 5.41) is 10.1. The third-order valence-electron chi connectivity index (χ3n) is 2.78. The van der Waals surface area contributed by atoms with Crippen molar-refractivity contribution in [1.82, 2.24) is 0 Å². The Hall–Kier alpha value is -2.31. The monoisotopic (exact) mass is 315 g/mol. The van der Waals surface area contributed by atoms with Gasteiger partial charge in [-0.2, -0.15) is 0 Å². The Morgan fingerprint density at radius 3 is 2.50 bits per heavy atom. The first-order valence-corrected chi connectivity index (χ1v) is 6.59. The summed E-state index contributed by atoms with van der Waals surface area (Å²) in [5.74, 6) is -5.66. The molecule has 0 aliphatic carbocycles. The largest absolute Gasteiger partial charge is 0.506 e. The Bertz CT molecular complexity index is 639. The molecule has 0 unspecified atom stereocenters. The molecule has 1 N–H and O–H groups in total. The predicted molar refractivity (Wildman–Crippen MR) is 76.3 cm³/mol. The van der Waals surface area contributed by atoms with E-state index in [1.807, 2.05) is 0 Å². The van der Waals surface area contributed by atoms with Gasteiger partial charge in [-0.05, 0) is 26.8 Å². The second kappa shape index (κ2) is 7.63. The number of carbonyl (C=O) groups excluding carboxylic acids is 1. The first kappa shape index (κ1) is 17.7. The number of rotatable bonds is 5. The molecule has 1 aromatic rings. The number of esters is 1. The normalized spacial score (nSPS) is 12.5. The molecule has 22 heavy (non-hydrogen) atoms. The Morgan fingerprint density at radius 1 is 1.32 bits per heavy atom. The van der Waals surface area contributed by atoms with Crippen LogP contribution in [0.15, 0.2) is 16.6 Å². The minimum Gasteiger partial charge on any atom is -0.506 e.